The number of hydrogen-bond acceptors (Lipinski definition) is 3. The molecule has 1 saturated heterocycles. The van der Waals surface area contributed by atoms with Gasteiger partial charge in [0.2, 0.25) is 11.8 Å². The van der Waals surface area contributed by atoms with Gasteiger partial charge >= 0.3 is 0 Å². The van der Waals surface area contributed by atoms with E-state index in [4.69, 9.17) is 0 Å². The predicted molar refractivity (Wildman–Crippen MR) is 100 cm³/mol. The van der Waals surface area contributed by atoms with E-state index in [2.05, 4.69) is 10.3 Å². The quantitative estimate of drug-likeness (QED) is 0.834. The third-order valence-corrected chi connectivity index (χ3v) is 4.76. The second kappa shape index (κ2) is 9.13. The van der Waals surface area contributed by atoms with Crippen LogP contribution < -0.4 is 5.32 Å². The van der Waals surface area contributed by atoms with Crippen molar-refractivity contribution in [2.24, 2.45) is 0 Å². The molecule has 3 rings (SSSR count). The van der Waals surface area contributed by atoms with E-state index in [1.54, 1.807) is 11.1 Å². The van der Waals surface area contributed by atoms with Crippen molar-refractivity contribution in [3.05, 3.63) is 66.0 Å². The maximum atomic E-state index is 12.6. The van der Waals surface area contributed by atoms with Crippen LogP contribution in [0.1, 0.15) is 36.8 Å². The summed E-state index contributed by atoms with van der Waals surface area (Å²) in [7, 11) is 0. The Morgan fingerprint density at radius 2 is 1.92 bits per heavy atom. The van der Waals surface area contributed by atoms with Gasteiger partial charge in [-0.25, -0.2) is 0 Å². The Bertz CT molecular complexity index is 719. The van der Waals surface area contributed by atoms with Gasteiger partial charge in [-0.2, -0.15) is 0 Å². The second-order valence-electron chi connectivity index (χ2n) is 6.66. The smallest absolute Gasteiger partial charge is 0.243 e. The molecule has 0 saturated carbocycles. The van der Waals surface area contributed by atoms with Crippen molar-refractivity contribution in [2.75, 3.05) is 6.54 Å². The highest BCUT2D eigenvalue weighted by Gasteiger charge is 2.33. The maximum absolute atomic E-state index is 12.6. The molecule has 1 aliphatic heterocycles. The van der Waals surface area contributed by atoms with E-state index in [1.807, 2.05) is 48.7 Å². The summed E-state index contributed by atoms with van der Waals surface area (Å²) in [4.78, 5) is 30.9. The first-order valence-corrected chi connectivity index (χ1v) is 9.24. The van der Waals surface area contributed by atoms with Crippen LogP contribution in [0, 0.1) is 0 Å². The summed E-state index contributed by atoms with van der Waals surface area (Å²) < 4.78 is 0. The molecule has 1 N–H and O–H groups in total. The average Bonchev–Trinajstić information content (AvgIpc) is 3.18. The van der Waals surface area contributed by atoms with Gasteiger partial charge in [0.25, 0.3) is 0 Å². The van der Waals surface area contributed by atoms with Crippen LogP contribution in [-0.2, 0) is 22.6 Å². The predicted octanol–water partition coefficient (Wildman–Crippen LogP) is 2.71. The first-order valence-electron chi connectivity index (χ1n) is 9.24. The summed E-state index contributed by atoms with van der Waals surface area (Å²) in [5.41, 5.74) is 2.20. The Morgan fingerprint density at radius 3 is 2.69 bits per heavy atom. The number of benzene rings is 1. The molecule has 0 bridgehead atoms. The van der Waals surface area contributed by atoms with Crippen molar-refractivity contribution in [3.63, 3.8) is 0 Å². The number of likely N-dealkylation sites (tertiary alicyclic amines) is 1. The van der Waals surface area contributed by atoms with Gasteiger partial charge in [-0.05, 0) is 42.9 Å². The number of aromatic nitrogens is 1. The SMILES string of the molecule is O=C(NCc1ccccc1)C1CCCN1C(=O)CCCc1cccnc1. The summed E-state index contributed by atoms with van der Waals surface area (Å²) in [6.45, 7) is 1.17. The Hall–Kier alpha value is -2.69. The standard InChI is InChI=1S/C21H25N3O2/c25-20(12-4-9-17-10-5-13-22-15-17)24-14-6-11-19(24)21(26)23-16-18-7-2-1-3-8-18/h1-3,5,7-8,10,13,15,19H,4,6,9,11-12,14,16H2,(H,23,26). The van der Waals surface area contributed by atoms with E-state index in [9.17, 15) is 9.59 Å². The first-order chi connectivity index (χ1) is 12.7. The third kappa shape index (κ3) is 4.91. The van der Waals surface area contributed by atoms with E-state index in [0.717, 1.165) is 36.8 Å². The number of nitrogens with one attached hydrogen (secondary N) is 1. The molecule has 136 valence electrons. The lowest BCUT2D eigenvalue weighted by atomic mass is 10.1. The van der Waals surface area contributed by atoms with E-state index >= 15 is 0 Å². The minimum Gasteiger partial charge on any atom is -0.350 e. The van der Waals surface area contributed by atoms with Crippen LogP contribution >= 0.6 is 0 Å². The van der Waals surface area contributed by atoms with Crippen LogP contribution in [-0.4, -0.2) is 34.3 Å². The molecule has 1 atom stereocenters. The molecule has 5 heteroatoms. The van der Waals surface area contributed by atoms with Gasteiger partial charge in [0.1, 0.15) is 6.04 Å². The van der Waals surface area contributed by atoms with Crippen LogP contribution in [0.5, 0.6) is 0 Å². The van der Waals surface area contributed by atoms with Gasteiger partial charge in [0.05, 0.1) is 0 Å². The van der Waals surface area contributed by atoms with Crippen LogP contribution in [0.4, 0.5) is 0 Å². The largest absolute Gasteiger partial charge is 0.350 e. The highest BCUT2D eigenvalue weighted by molar-refractivity contribution is 5.88. The minimum absolute atomic E-state index is 0.0491. The van der Waals surface area contributed by atoms with E-state index in [0.29, 0.717) is 19.5 Å². The summed E-state index contributed by atoms with van der Waals surface area (Å²) in [6, 6.07) is 13.4. The van der Waals surface area contributed by atoms with Gasteiger partial charge in [0.15, 0.2) is 0 Å². The number of amides is 2. The zero-order valence-corrected chi connectivity index (χ0v) is 14.9. The van der Waals surface area contributed by atoms with Gasteiger partial charge < -0.3 is 10.2 Å². The van der Waals surface area contributed by atoms with Crippen LogP contribution in [0.25, 0.3) is 0 Å². The van der Waals surface area contributed by atoms with Gasteiger partial charge in [-0.15, -0.1) is 0 Å². The van der Waals surface area contributed by atoms with Gasteiger partial charge in [-0.3, -0.25) is 14.6 Å². The molecule has 1 aromatic carbocycles. The number of pyridine rings is 1. The molecule has 1 fully saturated rings. The number of carbonyl (C=O) groups excluding carboxylic acids is 2. The number of nitrogens with zero attached hydrogens (tertiary/aromatic N) is 2. The molecular weight excluding hydrogens is 326 g/mol. The van der Waals surface area contributed by atoms with Crippen molar-refractivity contribution in [2.45, 2.75) is 44.7 Å². The molecule has 0 radical (unpaired) electrons. The Kier molecular flexibility index (Phi) is 6.36. The lowest BCUT2D eigenvalue weighted by Gasteiger charge is -2.24. The fourth-order valence-corrected chi connectivity index (χ4v) is 3.37. The van der Waals surface area contributed by atoms with Gasteiger partial charge in [0, 0.05) is 31.9 Å². The molecule has 2 aromatic rings. The number of carbonyl (C=O) groups is 2. The van der Waals surface area contributed by atoms with Crippen molar-refractivity contribution < 1.29 is 9.59 Å². The summed E-state index contributed by atoms with van der Waals surface area (Å²) in [5, 5.41) is 2.97. The topological polar surface area (TPSA) is 62.3 Å². The fraction of sp³-hybridized carbons (Fsp3) is 0.381. The van der Waals surface area contributed by atoms with Crippen molar-refractivity contribution in [1.29, 1.82) is 0 Å². The molecule has 5 nitrogen and oxygen atoms in total. The molecule has 26 heavy (non-hydrogen) atoms. The van der Waals surface area contributed by atoms with Crippen LogP contribution in [0.15, 0.2) is 54.9 Å². The van der Waals surface area contributed by atoms with E-state index in [1.165, 1.54) is 0 Å². The lowest BCUT2D eigenvalue weighted by molar-refractivity contribution is -0.138. The highest BCUT2D eigenvalue weighted by atomic mass is 16.2. The van der Waals surface area contributed by atoms with E-state index in [-0.39, 0.29) is 17.9 Å². The first kappa shape index (κ1) is 18.1. The second-order valence-corrected chi connectivity index (χ2v) is 6.66. The van der Waals surface area contributed by atoms with Crippen molar-refractivity contribution >= 4 is 11.8 Å². The normalized spacial score (nSPS) is 16.5. The summed E-state index contributed by atoms with van der Waals surface area (Å²) in [5.74, 6) is 0.0261. The van der Waals surface area contributed by atoms with Crippen LogP contribution in [0.3, 0.4) is 0 Å². The van der Waals surface area contributed by atoms with Crippen molar-refractivity contribution in [3.8, 4) is 0 Å². The number of hydrogen-bond donors (Lipinski definition) is 1. The zero-order chi connectivity index (χ0) is 18.2. The molecule has 2 amide bonds. The fourth-order valence-electron chi connectivity index (χ4n) is 3.37. The molecule has 1 aliphatic rings. The number of rotatable bonds is 7. The van der Waals surface area contributed by atoms with Crippen molar-refractivity contribution in [1.82, 2.24) is 15.2 Å². The molecular formula is C21H25N3O2. The monoisotopic (exact) mass is 351 g/mol. The maximum Gasteiger partial charge on any atom is 0.243 e. The van der Waals surface area contributed by atoms with E-state index < -0.39 is 0 Å². The zero-order valence-electron chi connectivity index (χ0n) is 14.9. The summed E-state index contributed by atoms with van der Waals surface area (Å²) in [6.07, 6.45) is 7.29. The Balaban J connectivity index is 1.47. The number of aryl methyl sites for hydroxylation is 1. The molecule has 1 unspecified atom stereocenters. The Labute approximate surface area is 154 Å². The molecule has 0 spiro atoms. The molecule has 0 aliphatic carbocycles. The third-order valence-electron chi connectivity index (χ3n) is 4.76. The summed E-state index contributed by atoms with van der Waals surface area (Å²) >= 11 is 0. The highest BCUT2D eigenvalue weighted by Crippen LogP contribution is 2.19. The molecule has 1 aromatic heterocycles. The Morgan fingerprint density at radius 1 is 1.12 bits per heavy atom. The van der Waals surface area contributed by atoms with Gasteiger partial charge in [-0.1, -0.05) is 36.4 Å². The molecule has 2 heterocycles. The lowest BCUT2D eigenvalue weighted by Crippen LogP contribution is -2.45. The average molecular weight is 351 g/mol. The minimum atomic E-state index is -0.329. The van der Waals surface area contributed by atoms with Crippen LogP contribution in [0.2, 0.25) is 0 Å².